The Labute approximate surface area is 200 Å². The molecule has 1 amide bonds. The predicted octanol–water partition coefficient (Wildman–Crippen LogP) is 4.34. The number of hydrogen-bond donors (Lipinski definition) is 1. The molecule has 1 unspecified atom stereocenters. The van der Waals surface area contributed by atoms with Crippen molar-refractivity contribution < 1.29 is 29.0 Å². The molecule has 0 radical (unpaired) electrons. The molecule has 1 aliphatic rings. The van der Waals surface area contributed by atoms with Crippen molar-refractivity contribution >= 4 is 34.7 Å². The summed E-state index contributed by atoms with van der Waals surface area (Å²) >= 11 is 1.21. The number of amides is 1. The van der Waals surface area contributed by atoms with Crippen LogP contribution in [0.3, 0.4) is 0 Å². The number of benzene rings is 2. The number of carbonyl (C=O) groups excluding carboxylic acids is 3. The quantitative estimate of drug-likeness (QED) is 0.415. The van der Waals surface area contributed by atoms with Crippen LogP contribution in [0.4, 0.5) is 5.69 Å². The number of nitrogens with zero attached hydrogens (tertiary/aromatic N) is 2. The minimum atomic E-state index is -0.892. The second kappa shape index (κ2) is 9.11. The Morgan fingerprint density at radius 2 is 1.68 bits per heavy atom. The van der Waals surface area contributed by atoms with Gasteiger partial charge in [-0.3, -0.25) is 14.5 Å². The van der Waals surface area contributed by atoms with Crippen LogP contribution >= 0.6 is 11.3 Å². The molecule has 1 aromatic heterocycles. The monoisotopic (exact) mass is 478 g/mol. The second-order valence-electron chi connectivity index (χ2n) is 7.63. The molecule has 1 N–H and O–H groups in total. The topological polar surface area (TPSA) is 106 Å². The van der Waals surface area contributed by atoms with Gasteiger partial charge in [0.25, 0.3) is 5.91 Å². The highest BCUT2D eigenvalue weighted by molar-refractivity contribution is 7.14. The lowest BCUT2D eigenvalue weighted by Crippen LogP contribution is -2.31. The standard InChI is InChI=1S/C25H22N2O6S/c1-13-23(34-14(2)26-13)21(28)19-20(15-7-11-18(32-3)12-8-15)27(24(30)22(19)29)17-9-5-16(6-10-17)25(31)33-4/h5-12,20,29H,1-4H3. The molecule has 174 valence electrons. The predicted molar refractivity (Wildman–Crippen MR) is 127 cm³/mol. The van der Waals surface area contributed by atoms with Crippen LogP contribution in [0.15, 0.2) is 59.9 Å². The van der Waals surface area contributed by atoms with Gasteiger partial charge < -0.3 is 14.6 Å². The van der Waals surface area contributed by atoms with E-state index in [9.17, 15) is 19.5 Å². The minimum absolute atomic E-state index is 0.0287. The first-order valence-corrected chi connectivity index (χ1v) is 11.2. The summed E-state index contributed by atoms with van der Waals surface area (Å²) < 4.78 is 9.97. The zero-order valence-corrected chi connectivity index (χ0v) is 19.8. The number of methoxy groups -OCH3 is 2. The molecule has 4 rings (SSSR count). The van der Waals surface area contributed by atoms with Gasteiger partial charge in [-0.15, -0.1) is 11.3 Å². The number of aliphatic hydroxyl groups is 1. The van der Waals surface area contributed by atoms with E-state index in [1.165, 1.54) is 35.5 Å². The van der Waals surface area contributed by atoms with Gasteiger partial charge in [0.2, 0.25) is 5.78 Å². The first-order chi connectivity index (χ1) is 16.3. The normalized spacial score (nSPS) is 15.6. The number of anilines is 1. The molecule has 2 heterocycles. The second-order valence-corrected chi connectivity index (χ2v) is 8.83. The van der Waals surface area contributed by atoms with E-state index in [1.807, 2.05) is 0 Å². The zero-order chi connectivity index (χ0) is 24.6. The molecule has 8 nitrogen and oxygen atoms in total. The SMILES string of the molecule is COC(=O)c1ccc(N2C(=O)C(O)=C(C(=O)c3sc(C)nc3C)C2c2ccc(OC)cc2)cc1. The Hall–Kier alpha value is -3.98. The summed E-state index contributed by atoms with van der Waals surface area (Å²) in [4.78, 5) is 44.7. The smallest absolute Gasteiger partial charge is 0.337 e. The van der Waals surface area contributed by atoms with Crippen LogP contribution in [-0.4, -0.2) is 42.0 Å². The van der Waals surface area contributed by atoms with Gasteiger partial charge in [-0.2, -0.15) is 0 Å². The Morgan fingerprint density at radius 3 is 2.21 bits per heavy atom. The van der Waals surface area contributed by atoms with Crippen molar-refractivity contribution in [3.63, 3.8) is 0 Å². The average Bonchev–Trinajstić information content (AvgIpc) is 3.33. The number of thiazole rings is 1. The van der Waals surface area contributed by atoms with Gasteiger partial charge in [-0.1, -0.05) is 12.1 Å². The fourth-order valence-electron chi connectivity index (χ4n) is 3.95. The molecule has 0 saturated heterocycles. The molecule has 34 heavy (non-hydrogen) atoms. The summed E-state index contributed by atoms with van der Waals surface area (Å²) in [6.45, 7) is 3.51. The van der Waals surface area contributed by atoms with Crippen molar-refractivity contribution in [2.24, 2.45) is 0 Å². The summed E-state index contributed by atoms with van der Waals surface area (Å²) in [7, 11) is 2.82. The van der Waals surface area contributed by atoms with Crippen LogP contribution < -0.4 is 9.64 Å². The highest BCUT2D eigenvalue weighted by Crippen LogP contribution is 2.43. The van der Waals surface area contributed by atoms with Crippen molar-refractivity contribution in [1.29, 1.82) is 0 Å². The summed E-state index contributed by atoms with van der Waals surface area (Å²) in [5.41, 5.74) is 1.83. The van der Waals surface area contributed by atoms with E-state index >= 15 is 0 Å². The molecule has 0 fully saturated rings. The highest BCUT2D eigenvalue weighted by Gasteiger charge is 2.45. The maximum absolute atomic E-state index is 13.6. The molecule has 3 aromatic rings. The largest absolute Gasteiger partial charge is 0.503 e. The van der Waals surface area contributed by atoms with Crippen molar-refractivity contribution in [2.75, 3.05) is 19.1 Å². The fourth-order valence-corrected chi connectivity index (χ4v) is 4.82. The van der Waals surface area contributed by atoms with Crippen molar-refractivity contribution in [3.8, 4) is 5.75 Å². The number of rotatable bonds is 6. The van der Waals surface area contributed by atoms with E-state index in [4.69, 9.17) is 9.47 Å². The van der Waals surface area contributed by atoms with Crippen molar-refractivity contribution in [1.82, 2.24) is 4.98 Å². The van der Waals surface area contributed by atoms with Crippen LogP contribution in [-0.2, 0) is 9.53 Å². The Balaban J connectivity index is 1.84. The molecule has 0 aliphatic carbocycles. The Kier molecular flexibility index (Phi) is 6.21. The molecular weight excluding hydrogens is 456 g/mol. The number of Topliss-reactive ketones (excluding diaryl/α,β-unsaturated/α-hetero) is 1. The van der Waals surface area contributed by atoms with Gasteiger partial charge in [-0.25, -0.2) is 9.78 Å². The molecule has 0 bridgehead atoms. The van der Waals surface area contributed by atoms with Crippen molar-refractivity contribution in [2.45, 2.75) is 19.9 Å². The van der Waals surface area contributed by atoms with Crippen LogP contribution in [0.25, 0.3) is 0 Å². The Bertz CT molecular complexity index is 1310. The van der Waals surface area contributed by atoms with Gasteiger partial charge in [-0.05, 0) is 55.8 Å². The van der Waals surface area contributed by atoms with Gasteiger partial charge in [0.1, 0.15) is 5.75 Å². The summed E-state index contributed by atoms with van der Waals surface area (Å²) in [6, 6.07) is 12.2. The van der Waals surface area contributed by atoms with E-state index < -0.39 is 29.5 Å². The number of esters is 1. The summed E-state index contributed by atoms with van der Waals surface area (Å²) in [6.07, 6.45) is 0. The van der Waals surface area contributed by atoms with Crippen LogP contribution in [0.5, 0.6) is 5.75 Å². The third-order valence-corrected chi connectivity index (χ3v) is 6.63. The van der Waals surface area contributed by atoms with Crippen molar-refractivity contribution in [3.05, 3.63) is 86.6 Å². The number of aromatic nitrogens is 1. The lowest BCUT2D eigenvalue weighted by atomic mass is 9.94. The van der Waals surface area contributed by atoms with E-state index in [0.717, 1.165) is 0 Å². The lowest BCUT2D eigenvalue weighted by molar-refractivity contribution is -0.117. The van der Waals surface area contributed by atoms with E-state index in [0.29, 0.717) is 38.1 Å². The molecule has 0 saturated carbocycles. The van der Waals surface area contributed by atoms with E-state index in [1.54, 1.807) is 57.4 Å². The molecule has 1 atom stereocenters. The van der Waals surface area contributed by atoms with E-state index in [-0.39, 0.29) is 5.57 Å². The number of aryl methyl sites for hydroxylation is 2. The number of carbonyl (C=O) groups is 3. The summed E-state index contributed by atoms with van der Waals surface area (Å²) in [5, 5.41) is 11.6. The molecule has 1 aliphatic heterocycles. The number of hydrogen-bond acceptors (Lipinski definition) is 8. The minimum Gasteiger partial charge on any atom is -0.503 e. The maximum Gasteiger partial charge on any atom is 0.337 e. The van der Waals surface area contributed by atoms with Crippen LogP contribution in [0.2, 0.25) is 0 Å². The molecule has 2 aromatic carbocycles. The van der Waals surface area contributed by atoms with Gasteiger partial charge in [0, 0.05) is 5.69 Å². The van der Waals surface area contributed by atoms with Crippen LogP contribution in [0.1, 0.15) is 42.3 Å². The van der Waals surface area contributed by atoms with Gasteiger partial charge in [0.15, 0.2) is 5.76 Å². The maximum atomic E-state index is 13.6. The van der Waals surface area contributed by atoms with Crippen LogP contribution in [0, 0.1) is 13.8 Å². The Morgan fingerprint density at radius 1 is 1.03 bits per heavy atom. The number of ether oxygens (including phenoxy) is 2. The average molecular weight is 479 g/mol. The molecular formula is C25H22N2O6S. The van der Waals surface area contributed by atoms with Gasteiger partial charge in [0.05, 0.1) is 47.0 Å². The number of ketones is 1. The molecule has 9 heteroatoms. The summed E-state index contributed by atoms with van der Waals surface area (Å²) in [5.74, 6) is -1.69. The molecule has 0 spiro atoms. The third kappa shape index (κ3) is 3.94. The highest BCUT2D eigenvalue weighted by atomic mass is 32.1. The fraction of sp³-hybridized carbons (Fsp3) is 0.200. The first kappa shape index (κ1) is 23.2. The van der Waals surface area contributed by atoms with E-state index in [2.05, 4.69) is 4.98 Å². The lowest BCUT2D eigenvalue weighted by Gasteiger charge is -2.27. The number of aliphatic hydroxyl groups excluding tert-OH is 1. The van der Waals surface area contributed by atoms with Gasteiger partial charge >= 0.3 is 5.97 Å². The zero-order valence-electron chi connectivity index (χ0n) is 19.0. The third-order valence-electron chi connectivity index (χ3n) is 5.56. The first-order valence-electron chi connectivity index (χ1n) is 10.3.